The summed E-state index contributed by atoms with van der Waals surface area (Å²) < 4.78 is 17.2. The number of pyridine rings is 2. The SMILES string of the molecule is O=C1N(c2c(F)cc(C#Cc3cccnc3)cc2Cl)c2ncc(-c3cccnc3)n2C12CC2. The second kappa shape index (κ2) is 7.26. The molecule has 1 fully saturated rings. The van der Waals surface area contributed by atoms with Crippen molar-refractivity contribution in [1.29, 1.82) is 0 Å². The van der Waals surface area contributed by atoms with Crippen LogP contribution in [0.25, 0.3) is 11.3 Å². The van der Waals surface area contributed by atoms with Crippen molar-refractivity contribution in [2.75, 3.05) is 4.90 Å². The summed E-state index contributed by atoms with van der Waals surface area (Å²) in [6.07, 6.45) is 9.68. The number of hydrogen-bond donors (Lipinski definition) is 0. The van der Waals surface area contributed by atoms with Gasteiger partial charge in [0.2, 0.25) is 5.95 Å². The number of halogens is 2. The first-order chi connectivity index (χ1) is 16.1. The molecule has 0 unspecified atom stereocenters. The highest BCUT2D eigenvalue weighted by Crippen LogP contribution is 2.56. The Morgan fingerprint density at radius 1 is 1.00 bits per heavy atom. The first-order valence-corrected chi connectivity index (χ1v) is 10.7. The molecule has 4 aromatic rings. The zero-order valence-corrected chi connectivity index (χ0v) is 17.9. The average molecular weight is 456 g/mol. The van der Waals surface area contributed by atoms with Gasteiger partial charge in [0.25, 0.3) is 5.91 Å². The molecule has 0 N–H and O–H groups in total. The van der Waals surface area contributed by atoms with Gasteiger partial charge >= 0.3 is 0 Å². The monoisotopic (exact) mass is 455 g/mol. The lowest BCUT2D eigenvalue weighted by molar-refractivity contribution is -0.120. The van der Waals surface area contributed by atoms with Crippen LogP contribution >= 0.6 is 11.6 Å². The van der Waals surface area contributed by atoms with Crippen LogP contribution < -0.4 is 4.90 Å². The van der Waals surface area contributed by atoms with E-state index in [4.69, 9.17) is 11.6 Å². The van der Waals surface area contributed by atoms with Gasteiger partial charge in [0.15, 0.2) is 0 Å². The van der Waals surface area contributed by atoms with Crippen LogP contribution in [-0.4, -0.2) is 25.4 Å². The summed E-state index contributed by atoms with van der Waals surface area (Å²) >= 11 is 6.50. The molecule has 1 amide bonds. The van der Waals surface area contributed by atoms with Crippen molar-refractivity contribution in [3.63, 3.8) is 0 Å². The van der Waals surface area contributed by atoms with Crippen LogP contribution in [0, 0.1) is 17.7 Å². The lowest BCUT2D eigenvalue weighted by atomic mass is 10.1. The van der Waals surface area contributed by atoms with Crippen LogP contribution in [0.1, 0.15) is 24.0 Å². The predicted octanol–water partition coefficient (Wildman–Crippen LogP) is 4.70. The number of imidazole rings is 1. The van der Waals surface area contributed by atoms with E-state index in [9.17, 15) is 4.79 Å². The maximum absolute atomic E-state index is 15.4. The highest BCUT2D eigenvalue weighted by molar-refractivity contribution is 6.34. The molecule has 1 aromatic carbocycles. The maximum Gasteiger partial charge on any atom is 0.260 e. The Labute approximate surface area is 193 Å². The third-order valence-electron chi connectivity index (χ3n) is 5.91. The molecule has 1 saturated carbocycles. The number of benzene rings is 1. The summed E-state index contributed by atoms with van der Waals surface area (Å²) in [5.41, 5.74) is 1.94. The number of aromatic nitrogens is 4. The number of fused-ring (bicyclic) bond motifs is 2. The maximum atomic E-state index is 15.4. The first kappa shape index (κ1) is 19.6. The standard InChI is InChI=1S/C25H15ClFN5O/c26-19-11-17(6-5-16-3-1-9-28-13-16)12-20(27)22(19)31-23(33)25(7-8-25)32-21(15-30-24(31)32)18-4-2-10-29-14-18/h1-4,9-15H,7-8H2. The van der Waals surface area contributed by atoms with Crippen molar-refractivity contribution >= 4 is 29.1 Å². The summed E-state index contributed by atoms with van der Waals surface area (Å²) in [7, 11) is 0. The number of rotatable bonds is 2. The Morgan fingerprint density at radius 2 is 1.76 bits per heavy atom. The van der Waals surface area contributed by atoms with Crippen LogP contribution in [0.15, 0.2) is 67.4 Å². The number of carbonyl (C=O) groups is 1. The smallest absolute Gasteiger partial charge is 0.260 e. The molecule has 2 aliphatic rings. The summed E-state index contributed by atoms with van der Waals surface area (Å²) in [5.74, 6) is 5.32. The molecular weight excluding hydrogens is 441 g/mol. The molecule has 160 valence electrons. The van der Waals surface area contributed by atoms with Crippen molar-refractivity contribution in [3.05, 3.63) is 89.3 Å². The largest absolute Gasteiger partial charge is 0.294 e. The number of nitrogens with zero attached hydrogens (tertiary/aromatic N) is 5. The summed E-state index contributed by atoms with van der Waals surface area (Å²) in [5, 5.41) is 0.0917. The molecule has 4 heterocycles. The number of amides is 1. The molecule has 1 spiro atoms. The second-order valence-electron chi connectivity index (χ2n) is 7.97. The summed E-state index contributed by atoms with van der Waals surface area (Å²) in [4.78, 5) is 27.4. The Hall–Kier alpha value is -4.02. The van der Waals surface area contributed by atoms with Gasteiger partial charge in [-0.2, -0.15) is 0 Å². The fourth-order valence-electron chi connectivity index (χ4n) is 4.22. The summed E-state index contributed by atoms with van der Waals surface area (Å²) in [6.45, 7) is 0. The van der Waals surface area contributed by atoms with Crippen molar-refractivity contribution < 1.29 is 9.18 Å². The van der Waals surface area contributed by atoms with Crippen LogP contribution in [0.2, 0.25) is 5.02 Å². The van der Waals surface area contributed by atoms with Gasteiger partial charge in [-0.25, -0.2) is 14.3 Å². The highest BCUT2D eigenvalue weighted by Gasteiger charge is 2.61. The van der Waals surface area contributed by atoms with Crippen LogP contribution in [0.3, 0.4) is 0 Å². The summed E-state index contributed by atoms with van der Waals surface area (Å²) in [6, 6.07) is 10.2. The number of anilines is 2. The van der Waals surface area contributed by atoms with Gasteiger partial charge in [0, 0.05) is 41.5 Å². The topological polar surface area (TPSA) is 63.9 Å². The lowest BCUT2D eigenvalue weighted by Crippen LogP contribution is -2.31. The molecule has 0 bridgehead atoms. The molecule has 0 saturated heterocycles. The number of carbonyl (C=O) groups excluding carboxylic acids is 1. The Bertz CT molecular complexity index is 1450. The second-order valence-corrected chi connectivity index (χ2v) is 8.38. The molecular formula is C25H15ClFN5O. The van der Waals surface area contributed by atoms with Crippen LogP contribution in [0.4, 0.5) is 16.0 Å². The molecule has 0 atom stereocenters. The van der Waals surface area contributed by atoms with E-state index in [0.29, 0.717) is 29.9 Å². The fourth-order valence-corrected chi connectivity index (χ4v) is 4.52. The predicted molar refractivity (Wildman–Crippen MR) is 121 cm³/mol. The molecule has 6 nitrogen and oxygen atoms in total. The van der Waals surface area contributed by atoms with E-state index in [1.807, 2.05) is 22.8 Å². The Balaban J connectivity index is 1.44. The molecule has 1 aliphatic carbocycles. The Morgan fingerprint density at radius 3 is 2.42 bits per heavy atom. The molecule has 1 aliphatic heterocycles. The molecule has 8 heteroatoms. The van der Waals surface area contributed by atoms with Gasteiger partial charge in [-0.05, 0) is 49.2 Å². The molecule has 33 heavy (non-hydrogen) atoms. The van der Waals surface area contributed by atoms with E-state index in [-0.39, 0.29) is 16.6 Å². The number of hydrogen-bond acceptors (Lipinski definition) is 4. The molecule has 3 aromatic heterocycles. The average Bonchev–Trinajstić information content (AvgIpc) is 3.47. The van der Waals surface area contributed by atoms with E-state index in [1.54, 1.807) is 43.1 Å². The van der Waals surface area contributed by atoms with E-state index < -0.39 is 11.4 Å². The van der Waals surface area contributed by atoms with Gasteiger partial charge in [0.05, 0.1) is 16.9 Å². The van der Waals surface area contributed by atoms with Crippen molar-refractivity contribution in [2.45, 2.75) is 18.4 Å². The van der Waals surface area contributed by atoms with Gasteiger partial charge in [0.1, 0.15) is 17.0 Å². The van der Waals surface area contributed by atoms with Crippen molar-refractivity contribution in [2.24, 2.45) is 0 Å². The minimum Gasteiger partial charge on any atom is -0.294 e. The third-order valence-corrected chi connectivity index (χ3v) is 6.19. The minimum atomic E-state index is -0.758. The quantitative estimate of drug-likeness (QED) is 0.411. The molecule has 0 radical (unpaired) electrons. The van der Waals surface area contributed by atoms with E-state index in [0.717, 1.165) is 11.3 Å². The third kappa shape index (κ3) is 3.03. The van der Waals surface area contributed by atoms with Crippen molar-refractivity contribution in [3.8, 4) is 23.1 Å². The van der Waals surface area contributed by atoms with Gasteiger partial charge < -0.3 is 0 Å². The van der Waals surface area contributed by atoms with Gasteiger partial charge in [-0.15, -0.1) is 0 Å². The fraction of sp³-hybridized carbons (Fsp3) is 0.120. The van der Waals surface area contributed by atoms with E-state index >= 15 is 4.39 Å². The lowest BCUT2D eigenvalue weighted by Gasteiger charge is -2.18. The van der Waals surface area contributed by atoms with Crippen LogP contribution in [0.5, 0.6) is 0 Å². The van der Waals surface area contributed by atoms with E-state index in [2.05, 4.69) is 26.8 Å². The minimum absolute atomic E-state index is 0.0121. The van der Waals surface area contributed by atoms with Crippen molar-refractivity contribution in [1.82, 2.24) is 19.5 Å². The van der Waals surface area contributed by atoms with Gasteiger partial charge in [-0.3, -0.25) is 19.3 Å². The highest BCUT2D eigenvalue weighted by atomic mass is 35.5. The van der Waals surface area contributed by atoms with Gasteiger partial charge in [-0.1, -0.05) is 23.4 Å². The van der Waals surface area contributed by atoms with E-state index in [1.165, 1.54) is 11.0 Å². The zero-order valence-electron chi connectivity index (χ0n) is 17.2. The van der Waals surface area contributed by atoms with Crippen LogP contribution in [-0.2, 0) is 10.3 Å². The Kier molecular flexibility index (Phi) is 4.32. The molecule has 6 rings (SSSR count). The normalized spacial score (nSPS) is 15.3. The zero-order chi connectivity index (χ0) is 22.6. The first-order valence-electron chi connectivity index (χ1n) is 10.3.